The number of ether oxygens (including phenoxy) is 1. The van der Waals surface area contributed by atoms with E-state index < -0.39 is 10.0 Å². The van der Waals surface area contributed by atoms with Crippen molar-refractivity contribution in [1.82, 2.24) is 20.0 Å². The minimum absolute atomic E-state index is 0.181. The predicted octanol–water partition coefficient (Wildman–Crippen LogP) is 5.23. The topological polar surface area (TPSA) is 99.0 Å². The summed E-state index contributed by atoms with van der Waals surface area (Å²) in [4.78, 5) is 0.181. The van der Waals surface area contributed by atoms with Crippen LogP contribution in [0.4, 0.5) is 5.69 Å². The Morgan fingerprint density at radius 3 is 2.11 bits per heavy atom. The van der Waals surface area contributed by atoms with E-state index in [1.165, 1.54) is 0 Å². The molecule has 0 saturated heterocycles. The molecule has 9 heteroatoms. The van der Waals surface area contributed by atoms with E-state index in [9.17, 15) is 8.42 Å². The van der Waals surface area contributed by atoms with Gasteiger partial charge in [-0.25, -0.2) is 13.1 Å². The summed E-state index contributed by atoms with van der Waals surface area (Å²) in [5.74, 6) is 1.38. The van der Waals surface area contributed by atoms with E-state index in [-0.39, 0.29) is 4.90 Å². The Kier molecular flexibility index (Phi) is 5.99. The van der Waals surface area contributed by atoms with Crippen LogP contribution in [0.15, 0.2) is 108 Å². The van der Waals surface area contributed by atoms with Crippen LogP contribution in [-0.4, -0.2) is 28.4 Å². The van der Waals surface area contributed by atoms with Crippen molar-refractivity contribution >= 4 is 15.7 Å². The van der Waals surface area contributed by atoms with Gasteiger partial charge in [-0.2, -0.15) is 5.10 Å². The summed E-state index contributed by atoms with van der Waals surface area (Å²) in [5, 5.41) is 12.5. The highest BCUT2D eigenvalue weighted by Crippen LogP contribution is 2.25. The third-order valence-corrected chi connectivity index (χ3v) is 6.58. The van der Waals surface area contributed by atoms with Gasteiger partial charge in [-0.3, -0.25) is 4.72 Å². The molecule has 0 aliphatic carbocycles. The molecule has 0 aliphatic heterocycles. The SMILES string of the molecule is Cc1ccn(-c2ccc(Oc3ccc(NS(=O)(=O)c4ccc(-c5ccccc5)cc4)cc3)nn2)n1. The van der Waals surface area contributed by atoms with Gasteiger partial charge in [-0.1, -0.05) is 42.5 Å². The maximum absolute atomic E-state index is 12.8. The molecule has 8 nitrogen and oxygen atoms in total. The zero-order chi connectivity index (χ0) is 24.3. The number of hydrogen-bond acceptors (Lipinski definition) is 6. The monoisotopic (exact) mass is 483 g/mol. The molecule has 0 saturated carbocycles. The number of nitrogens with one attached hydrogen (secondary N) is 1. The first-order chi connectivity index (χ1) is 17.0. The van der Waals surface area contributed by atoms with Crippen molar-refractivity contribution in [3.05, 3.63) is 109 Å². The van der Waals surface area contributed by atoms with E-state index in [1.54, 1.807) is 71.5 Å². The fraction of sp³-hybridized carbons (Fsp3) is 0.0385. The van der Waals surface area contributed by atoms with Crippen LogP contribution in [0.1, 0.15) is 5.69 Å². The van der Waals surface area contributed by atoms with Gasteiger partial charge in [0.1, 0.15) is 5.75 Å². The molecule has 2 heterocycles. The lowest BCUT2D eigenvalue weighted by Gasteiger charge is -2.10. The highest BCUT2D eigenvalue weighted by molar-refractivity contribution is 7.92. The van der Waals surface area contributed by atoms with Crippen LogP contribution in [0.3, 0.4) is 0 Å². The first-order valence-electron chi connectivity index (χ1n) is 10.8. The molecule has 0 amide bonds. The maximum atomic E-state index is 12.8. The average Bonchev–Trinajstić information content (AvgIpc) is 3.32. The van der Waals surface area contributed by atoms with E-state index in [0.717, 1.165) is 16.8 Å². The van der Waals surface area contributed by atoms with Gasteiger partial charge in [-0.15, -0.1) is 10.2 Å². The molecule has 5 rings (SSSR count). The van der Waals surface area contributed by atoms with Crippen LogP contribution in [0.2, 0.25) is 0 Å². The summed E-state index contributed by atoms with van der Waals surface area (Å²) in [6.45, 7) is 1.90. The Hall–Kier alpha value is -4.50. The lowest BCUT2D eigenvalue weighted by Crippen LogP contribution is -2.12. The molecule has 0 atom stereocenters. The van der Waals surface area contributed by atoms with Gasteiger partial charge in [0.05, 0.1) is 10.6 Å². The molecule has 0 aliphatic rings. The lowest BCUT2D eigenvalue weighted by molar-refractivity contribution is 0.454. The summed E-state index contributed by atoms with van der Waals surface area (Å²) < 4.78 is 35.6. The van der Waals surface area contributed by atoms with Crippen LogP contribution in [0.5, 0.6) is 11.6 Å². The zero-order valence-electron chi connectivity index (χ0n) is 18.7. The van der Waals surface area contributed by atoms with Crippen molar-refractivity contribution < 1.29 is 13.2 Å². The van der Waals surface area contributed by atoms with E-state index >= 15 is 0 Å². The first kappa shape index (κ1) is 22.3. The van der Waals surface area contributed by atoms with Crippen LogP contribution in [0.25, 0.3) is 16.9 Å². The largest absolute Gasteiger partial charge is 0.438 e. The zero-order valence-corrected chi connectivity index (χ0v) is 19.6. The van der Waals surface area contributed by atoms with Gasteiger partial charge in [0, 0.05) is 18.0 Å². The predicted molar refractivity (Wildman–Crippen MR) is 133 cm³/mol. The van der Waals surface area contributed by atoms with Crippen LogP contribution >= 0.6 is 0 Å². The molecule has 0 fully saturated rings. The first-order valence-corrected chi connectivity index (χ1v) is 12.3. The average molecular weight is 484 g/mol. The number of aryl methyl sites for hydroxylation is 1. The van der Waals surface area contributed by atoms with Crippen LogP contribution < -0.4 is 9.46 Å². The van der Waals surface area contributed by atoms with Gasteiger partial charge < -0.3 is 4.74 Å². The molecule has 5 aromatic rings. The minimum Gasteiger partial charge on any atom is -0.438 e. The van der Waals surface area contributed by atoms with Gasteiger partial charge in [0.15, 0.2) is 5.82 Å². The van der Waals surface area contributed by atoms with Gasteiger partial charge in [0.25, 0.3) is 10.0 Å². The lowest BCUT2D eigenvalue weighted by atomic mass is 10.1. The molecule has 1 N–H and O–H groups in total. The molecule has 3 aromatic carbocycles. The molecular formula is C26H21N5O3S. The Labute approximate surface area is 202 Å². The standard InChI is InChI=1S/C26H21N5O3S/c1-19-17-18-31(29-19)25-15-16-26(28-27-25)34-23-11-9-22(10-12-23)30-35(32,33)24-13-7-21(8-14-24)20-5-3-2-4-6-20/h2-18,30H,1H3. The third kappa shape index (κ3) is 5.20. The smallest absolute Gasteiger partial charge is 0.261 e. The summed E-state index contributed by atoms with van der Waals surface area (Å²) in [6, 6.07) is 28.4. The van der Waals surface area contributed by atoms with E-state index in [2.05, 4.69) is 20.0 Å². The Morgan fingerprint density at radius 1 is 0.771 bits per heavy atom. The summed E-state index contributed by atoms with van der Waals surface area (Å²) >= 11 is 0. The molecule has 0 unspecified atom stereocenters. The second kappa shape index (κ2) is 9.40. The Morgan fingerprint density at radius 2 is 1.49 bits per heavy atom. The summed E-state index contributed by atoms with van der Waals surface area (Å²) in [6.07, 6.45) is 1.80. The number of hydrogen-bond donors (Lipinski definition) is 1. The molecule has 2 aromatic heterocycles. The molecule has 174 valence electrons. The van der Waals surface area contributed by atoms with Crippen LogP contribution in [-0.2, 0) is 10.0 Å². The molecular weight excluding hydrogens is 462 g/mol. The molecule has 0 bridgehead atoms. The van der Waals surface area contributed by atoms with Crippen molar-refractivity contribution in [2.45, 2.75) is 11.8 Å². The van der Waals surface area contributed by atoms with Gasteiger partial charge >= 0.3 is 0 Å². The second-order valence-corrected chi connectivity index (χ2v) is 9.44. The Balaban J connectivity index is 1.24. The fourth-order valence-electron chi connectivity index (χ4n) is 3.42. The number of rotatable bonds is 7. The van der Waals surface area contributed by atoms with Crippen molar-refractivity contribution in [3.8, 4) is 28.6 Å². The number of benzene rings is 3. The third-order valence-electron chi connectivity index (χ3n) is 5.18. The molecule has 0 radical (unpaired) electrons. The fourth-order valence-corrected chi connectivity index (χ4v) is 4.47. The highest BCUT2D eigenvalue weighted by Gasteiger charge is 2.14. The van der Waals surface area contributed by atoms with Crippen molar-refractivity contribution in [1.29, 1.82) is 0 Å². The van der Waals surface area contributed by atoms with E-state index in [0.29, 0.717) is 23.1 Å². The maximum Gasteiger partial charge on any atom is 0.261 e. The Bertz CT molecular complexity index is 1530. The summed E-state index contributed by atoms with van der Waals surface area (Å²) in [7, 11) is -3.73. The summed E-state index contributed by atoms with van der Waals surface area (Å²) in [5.41, 5.74) is 3.27. The number of nitrogens with zero attached hydrogens (tertiary/aromatic N) is 4. The number of aromatic nitrogens is 4. The van der Waals surface area contributed by atoms with Gasteiger partial charge in [-0.05, 0) is 66.6 Å². The molecule has 35 heavy (non-hydrogen) atoms. The number of sulfonamides is 1. The number of anilines is 1. The van der Waals surface area contributed by atoms with Gasteiger partial charge in [0.2, 0.25) is 5.88 Å². The second-order valence-electron chi connectivity index (χ2n) is 7.75. The minimum atomic E-state index is -3.73. The van der Waals surface area contributed by atoms with Crippen molar-refractivity contribution in [3.63, 3.8) is 0 Å². The van der Waals surface area contributed by atoms with Crippen molar-refractivity contribution in [2.24, 2.45) is 0 Å². The van der Waals surface area contributed by atoms with E-state index in [4.69, 9.17) is 4.74 Å². The molecule has 0 spiro atoms. The van der Waals surface area contributed by atoms with Crippen molar-refractivity contribution in [2.75, 3.05) is 4.72 Å². The van der Waals surface area contributed by atoms with E-state index in [1.807, 2.05) is 43.3 Å². The normalized spacial score (nSPS) is 11.2. The highest BCUT2D eigenvalue weighted by atomic mass is 32.2. The van der Waals surface area contributed by atoms with Crippen LogP contribution in [0, 0.1) is 6.92 Å². The quantitative estimate of drug-likeness (QED) is 0.340.